The summed E-state index contributed by atoms with van der Waals surface area (Å²) in [7, 11) is 1.51. The van der Waals surface area contributed by atoms with Crippen molar-refractivity contribution in [2.75, 3.05) is 25.5 Å². The zero-order chi connectivity index (χ0) is 18.7. The predicted octanol–water partition coefficient (Wildman–Crippen LogP) is 2.12. The minimum absolute atomic E-state index is 0.0121. The molecule has 0 saturated carbocycles. The fraction of sp³-hybridized carbons (Fsp3) is 0.294. The highest BCUT2D eigenvalue weighted by molar-refractivity contribution is 7.13. The number of anilines is 1. The monoisotopic (exact) mass is 374 g/mol. The van der Waals surface area contributed by atoms with Crippen molar-refractivity contribution in [2.45, 2.75) is 13.0 Å². The molecule has 0 bridgehead atoms. The smallest absolute Gasteiger partial charge is 0.327 e. The number of urea groups is 1. The van der Waals surface area contributed by atoms with Crippen LogP contribution in [0.4, 0.5) is 9.93 Å². The molecular formula is C17H18N4O4S. The van der Waals surface area contributed by atoms with Crippen molar-refractivity contribution in [3.8, 4) is 5.75 Å². The number of rotatable bonds is 6. The first-order chi connectivity index (χ1) is 12.4. The molecule has 1 aliphatic heterocycles. The Kier molecular flexibility index (Phi) is 5.17. The number of hydrogen-bond acceptors (Lipinski definition) is 6. The zero-order valence-electron chi connectivity index (χ0n) is 14.3. The molecule has 136 valence electrons. The fourth-order valence-corrected chi connectivity index (χ4v) is 3.23. The van der Waals surface area contributed by atoms with Crippen LogP contribution in [0.2, 0.25) is 0 Å². The third-order valence-electron chi connectivity index (χ3n) is 3.77. The molecule has 9 heteroatoms. The lowest BCUT2D eigenvalue weighted by Gasteiger charge is -2.13. The number of imide groups is 1. The number of carbonyl (C=O) groups excluding carboxylic acids is 3. The molecule has 0 aliphatic carbocycles. The van der Waals surface area contributed by atoms with Gasteiger partial charge in [-0.3, -0.25) is 14.5 Å². The highest BCUT2D eigenvalue weighted by atomic mass is 32.1. The van der Waals surface area contributed by atoms with Gasteiger partial charge in [-0.2, -0.15) is 0 Å². The van der Waals surface area contributed by atoms with E-state index in [1.54, 1.807) is 5.38 Å². The molecule has 1 fully saturated rings. The normalized spacial score (nSPS) is 15.3. The second-order valence-electron chi connectivity index (χ2n) is 5.82. The van der Waals surface area contributed by atoms with Crippen LogP contribution in [0.25, 0.3) is 0 Å². The van der Waals surface area contributed by atoms with E-state index < -0.39 is 17.8 Å². The van der Waals surface area contributed by atoms with Crippen LogP contribution in [-0.4, -0.2) is 52.8 Å². The molecule has 1 aromatic carbocycles. The molecule has 1 aliphatic rings. The Labute approximate surface area is 154 Å². The topological polar surface area (TPSA) is 91.8 Å². The summed E-state index contributed by atoms with van der Waals surface area (Å²) in [5.41, 5.74) is 0.683. The van der Waals surface area contributed by atoms with E-state index in [0.29, 0.717) is 10.8 Å². The summed E-state index contributed by atoms with van der Waals surface area (Å²) in [5.74, 6) is -0.134. The minimum atomic E-state index is -0.477. The van der Waals surface area contributed by atoms with Crippen LogP contribution in [0.5, 0.6) is 5.75 Å². The van der Waals surface area contributed by atoms with Crippen molar-refractivity contribution < 1.29 is 19.1 Å². The van der Waals surface area contributed by atoms with Gasteiger partial charge in [-0.15, -0.1) is 11.3 Å². The van der Waals surface area contributed by atoms with Crippen LogP contribution in [-0.2, 0) is 9.59 Å². The summed E-state index contributed by atoms with van der Waals surface area (Å²) in [6.07, 6.45) is -0.283. The number of likely N-dealkylation sites (N-methyl/N-ethyl adjacent to an activating group) is 1. The third-order valence-corrected chi connectivity index (χ3v) is 4.55. The average Bonchev–Trinajstić information content (AvgIpc) is 3.16. The number of amides is 4. The summed E-state index contributed by atoms with van der Waals surface area (Å²) < 4.78 is 5.79. The number of benzene rings is 1. The maximum Gasteiger partial charge on any atom is 0.327 e. The molecular weight excluding hydrogens is 356 g/mol. The molecule has 1 N–H and O–H groups in total. The van der Waals surface area contributed by atoms with E-state index in [0.717, 1.165) is 10.6 Å². The van der Waals surface area contributed by atoms with E-state index in [2.05, 4.69) is 10.3 Å². The number of hydrogen-bond donors (Lipinski definition) is 1. The van der Waals surface area contributed by atoms with Gasteiger partial charge in [0, 0.05) is 12.4 Å². The average molecular weight is 374 g/mol. The van der Waals surface area contributed by atoms with Crippen LogP contribution >= 0.6 is 11.3 Å². The SMILES string of the molecule is CC(Oc1ccccc1)c1csc(NC(=O)CN2C(=O)CN(C)C2=O)n1. The molecule has 4 amide bonds. The van der Waals surface area contributed by atoms with Gasteiger partial charge in [-0.1, -0.05) is 18.2 Å². The van der Waals surface area contributed by atoms with Crippen LogP contribution in [0.3, 0.4) is 0 Å². The first-order valence-corrected chi connectivity index (χ1v) is 8.84. The van der Waals surface area contributed by atoms with Gasteiger partial charge in [0.25, 0.3) is 5.91 Å². The molecule has 3 rings (SSSR count). The van der Waals surface area contributed by atoms with E-state index in [-0.39, 0.29) is 19.2 Å². The number of thiazole rings is 1. The standard InChI is InChI=1S/C17H18N4O4S/c1-11(25-12-6-4-3-5-7-12)13-10-26-16(18-13)19-14(22)8-21-15(23)9-20(2)17(21)24/h3-7,10-11H,8-9H2,1-2H3,(H,18,19,22). The van der Waals surface area contributed by atoms with Crippen LogP contribution < -0.4 is 10.1 Å². The van der Waals surface area contributed by atoms with Crippen molar-refractivity contribution in [1.82, 2.24) is 14.8 Å². The van der Waals surface area contributed by atoms with Gasteiger partial charge in [0.2, 0.25) is 5.91 Å². The lowest BCUT2D eigenvalue weighted by molar-refractivity contribution is -0.129. The van der Waals surface area contributed by atoms with Gasteiger partial charge in [0.15, 0.2) is 5.13 Å². The Hall–Kier alpha value is -2.94. The summed E-state index contributed by atoms with van der Waals surface area (Å²) in [4.78, 5) is 42.1. The van der Waals surface area contributed by atoms with Crippen molar-refractivity contribution in [3.63, 3.8) is 0 Å². The first-order valence-electron chi connectivity index (χ1n) is 7.96. The van der Waals surface area contributed by atoms with Crippen molar-refractivity contribution in [2.24, 2.45) is 0 Å². The van der Waals surface area contributed by atoms with Gasteiger partial charge >= 0.3 is 6.03 Å². The minimum Gasteiger partial charge on any atom is -0.484 e. The quantitative estimate of drug-likeness (QED) is 0.782. The summed E-state index contributed by atoms with van der Waals surface area (Å²) in [5, 5.41) is 4.80. The van der Waals surface area contributed by atoms with Gasteiger partial charge in [0.1, 0.15) is 24.9 Å². The lowest BCUT2D eigenvalue weighted by Crippen LogP contribution is -2.38. The second-order valence-corrected chi connectivity index (χ2v) is 6.68. The van der Waals surface area contributed by atoms with Gasteiger partial charge in [0.05, 0.1) is 5.69 Å². The van der Waals surface area contributed by atoms with E-state index in [1.165, 1.54) is 23.3 Å². The van der Waals surface area contributed by atoms with Gasteiger partial charge in [-0.25, -0.2) is 9.78 Å². The second kappa shape index (κ2) is 7.52. The molecule has 1 aromatic heterocycles. The summed E-state index contributed by atoms with van der Waals surface area (Å²) >= 11 is 1.25. The van der Waals surface area contributed by atoms with Crippen molar-refractivity contribution >= 4 is 34.3 Å². The van der Waals surface area contributed by atoms with Crippen molar-refractivity contribution in [1.29, 1.82) is 0 Å². The molecule has 2 heterocycles. The fourth-order valence-electron chi connectivity index (χ4n) is 2.42. The largest absolute Gasteiger partial charge is 0.484 e. The van der Waals surface area contributed by atoms with Gasteiger partial charge < -0.3 is 15.0 Å². The van der Waals surface area contributed by atoms with E-state index in [4.69, 9.17) is 4.74 Å². The van der Waals surface area contributed by atoms with E-state index in [1.807, 2.05) is 37.3 Å². The Morgan fingerprint density at radius 1 is 1.35 bits per heavy atom. The highest BCUT2D eigenvalue weighted by Gasteiger charge is 2.34. The molecule has 0 radical (unpaired) electrons. The maximum absolute atomic E-state index is 12.1. The number of aromatic nitrogens is 1. The summed E-state index contributed by atoms with van der Waals surface area (Å²) in [6, 6.07) is 8.90. The van der Waals surface area contributed by atoms with Gasteiger partial charge in [-0.05, 0) is 19.1 Å². The number of para-hydroxylation sites is 1. The molecule has 1 saturated heterocycles. The Balaban J connectivity index is 1.57. The Bertz CT molecular complexity index is 823. The van der Waals surface area contributed by atoms with E-state index in [9.17, 15) is 14.4 Å². The Morgan fingerprint density at radius 2 is 2.08 bits per heavy atom. The third kappa shape index (κ3) is 3.99. The summed E-state index contributed by atoms with van der Waals surface area (Å²) in [6.45, 7) is 1.53. The molecule has 8 nitrogen and oxygen atoms in total. The number of carbonyl (C=O) groups is 3. The Morgan fingerprint density at radius 3 is 2.73 bits per heavy atom. The highest BCUT2D eigenvalue weighted by Crippen LogP contribution is 2.25. The van der Waals surface area contributed by atoms with Crippen LogP contribution in [0.15, 0.2) is 35.7 Å². The lowest BCUT2D eigenvalue weighted by atomic mass is 10.3. The molecule has 1 unspecified atom stereocenters. The number of nitrogens with one attached hydrogen (secondary N) is 1. The molecule has 1 atom stereocenters. The number of ether oxygens (including phenoxy) is 1. The number of nitrogens with zero attached hydrogens (tertiary/aromatic N) is 3. The molecule has 26 heavy (non-hydrogen) atoms. The van der Waals surface area contributed by atoms with Crippen LogP contribution in [0, 0.1) is 0 Å². The first kappa shape index (κ1) is 17.9. The van der Waals surface area contributed by atoms with Crippen molar-refractivity contribution in [3.05, 3.63) is 41.4 Å². The molecule has 2 aromatic rings. The van der Waals surface area contributed by atoms with Crippen LogP contribution in [0.1, 0.15) is 18.7 Å². The maximum atomic E-state index is 12.1. The van der Waals surface area contributed by atoms with E-state index >= 15 is 0 Å². The zero-order valence-corrected chi connectivity index (χ0v) is 15.2. The molecule has 0 spiro atoms. The predicted molar refractivity (Wildman–Crippen MR) is 96.0 cm³/mol.